The molecular weight excluding hydrogens is 474 g/mol. The van der Waals surface area contributed by atoms with Crippen molar-refractivity contribution in [2.24, 2.45) is 0 Å². The summed E-state index contributed by atoms with van der Waals surface area (Å²) in [7, 11) is 0. The normalized spacial score (nSPS) is 11.8. The molecule has 0 aliphatic carbocycles. The first-order valence-electron chi connectivity index (χ1n) is 11.0. The van der Waals surface area contributed by atoms with Gasteiger partial charge in [0.05, 0.1) is 6.42 Å². The molecule has 2 amide bonds. The van der Waals surface area contributed by atoms with Gasteiger partial charge in [0, 0.05) is 29.1 Å². The fourth-order valence-electron chi connectivity index (χ4n) is 3.65. The van der Waals surface area contributed by atoms with E-state index in [1.807, 2.05) is 44.2 Å². The van der Waals surface area contributed by atoms with Crippen molar-refractivity contribution in [3.05, 3.63) is 105 Å². The number of nitrogens with zero attached hydrogens (tertiary/aromatic N) is 1. The first kappa shape index (κ1) is 25.7. The lowest BCUT2D eigenvalue weighted by molar-refractivity contribution is -0.141. The number of halogens is 3. The summed E-state index contributed by atoms with van der Waals surface area (Å²) in [5, 5.41) is 3.80. The van der Waals surface area contributed by atoms with Gasteiger partial charge in [-0.25, -0.2) is 4.39 Å². The number of nitrogens with one attached hydrogen (secondary N) is 1. The van der Waals surface area contributed by atoms with Crippen LogP contribution in [0.1, 0.15) is 30.5 Å². The summed E-state index contributed by atoms with van der Waals surface area (Å²) in [5.41, 5.74) is 2.25. The molecule has 0 unspecified atom stereocenters. The number of carbonyl (C=O) groups excluding carboxylic acids is 2. The van der Waals surface area contributed by atoms with Crippen molar-refractivity contribution in [1.29, 1.82) is 0 Å². The number of amides is 2. The molecule has 3 aromatic carbocycles. The standard InChI is InChI=1S/C27H27Cl2FN2O2/c1-18(2)31-27(34)25(14-19-6-4-3-5-7-19)32(17-20-8-12-23(30)13-9-20)26(33)15-21-10-11-22(28)16-24(21)29/h3-13,16,18,25H,14-15,17H2,1-2H3,(H,31,34)/t25-/m1/s1. The molecule has 1 atom stereocenters. The summed E-state index contributed by atoms with van der Waals surface area (Å²) in [6.45, 7) is 3.89. The Morgan fingerprint density at radius 3 is 2.24 bits per heavy atom. The predicted molar refractivity (Wildman–Crippen MR) is 134 cm³/mol. The number of hydrogen-bond donors (Lipinski definition) is 1. The molecule has 0 aromatic heterocycles. The van der Waals surface area contributed by atoms with Gasteiger partial charge in [-0.1, -0.05) is 71.7 Å². The van der Waals surface area contributed by atoms with Crippen molar-refractivity contribution in [1.82, 2.24) is 10.2 Å². The zero-order valence-electron chi connectivity index (χ0n) is 19.1. The summed E-state index contributed by atoms with van der Waals surface area (Å²) in [6.07, 6.45) is 0.331. The average molecular weight is 501 g/mol. The molecule has 4 nitrogen and oxygen atoms in total. The molecule has 0 spiro atoms. The van der Waals surface area contributed by atoms with Crippen LogP contribution in [0.15, 0.2) is 72.8 Å². The molecule has 0 aliphatic heterocycles. The highest BCUT2D eigenvalue weighted by Crippen LogP contribution is 2.23. The smallest absolute Gasteiger partial charge is 0.243 e. The van der Waals surface area contributed by atoms with Crippen LogP contribution >= 0.6 is 23.2 Å². The quantitative estimate of drug-likeness (QED) is 0.401. The zero-order chi connectivity index (χ0) is 24.7. The van der Waals surface area contributed by atoms with Gasteiger partial charge in [0.25, 0.3) is 0 Å². The van der Waals surface area contributed by atoms with Crippen LogP contribution in [0, 0.1) is 5.82 Å². The molecule has 0 radical (unpaired) electrons. The maximum atomic E-state index is 13.6. The second kappa shape index (κ2) is 12.0. The van der Waals surface area contributed by atoms with E-state index in [9.17, 15) is 14.0 Å². The highest BCUT2D eigenvalue weighted by Gasteiger charge is 2.31. The van der Waals surface area contributed by atoms with E-state index < -0.39 is 6.04 Å². The Bertz CT molecular complexity index is 1120. The van der Waals surface area contributed by atoms with Crippen molar-refractivity contribution < 1.29 is 14.0 Å². The van der Waals surface area contributed by atoms with Gasteiger partial charge >= 0.3 is 0 Å². The van der Waals surface area contributed by atoms with Gasteiger partial charge < -0.3 is 10.2 Å². The lowest BCUT2D eigenvalue weighted by atomic mass is 10.0. The first-order chi connectivity index (χ1) is 16.2. The third-order valence-electron chi connectivity index (χ3n) is 5.32. The number of rotatable bonds is 9. The first-order valence-corrected chi connectivity index (χ1v) is 11.8. The van der Waals surface area contributed by atoms with Crippen LogP contribution in [0.3, 0.4) is 0 Å². The van der Waals surface area contributed by atoms with Gasteiger partial charge in [-0.05, 0) is 54.8 Å². The second-order valence-corrected chi connectivity index (χ2v) is 9.27. The van der Waals surface area contributed by atoms with Crippen LogP contribution in [-0.4, -0.2) is 28.8 Å². The van der Waals surface area contributed by atoms with Crippen molar-refractivity contribution in [3.63, 3.8) is 0 Å². The number of carbonyl (C=O) groups is 2. The van der Waals surface area contributed by atoms with Crippen LogP contribution in [0.2, 0.25) is 10.0 Å². The molecule has 0 bridgehead atoms. The number of hydrogen-bond acceptors (Lipinski definition) is 2. The van der Waals surface area contributed by atoms with E-state index in [1.54, 1.807) is 35.2 Å². The monoisotopic (exact) mass is 500 g/mol. The van der Waals surface area contributed by atoms with Gasteiger partial charge in [0.1, 0.15) is 11.9 Å². The largest absolute Gasteiger partial charge is 0.352 e. The van der Waals surface area contributed by atoms with E-state index in [0.717, 1.165) is 5.56 Å². The van der Waals surface area contributed by atoms with Crippen molar-refractivity contribution in [3.8, 4) is 0 Å². The van der Waals surface area contributed by atoms with E-state index in [-0.39, 0.29) is 36.6 Å². The molecule has 3 rings (SSSR count). The van der Waals surface area contributed by atoms with Gasteiger partial charge in [-0.15, -0.1) is 0 Å². The Labute approximate surface area is 209 Å². The minimum Gasteiger partial charge on any atom is -0.352 e. The van der Waals surface area contributed by atoms with Crippen LogP contribution in [0.4, 0.5) is 4.39 Å². The van der Waals surface area contributed by atoms with Gasteiger partial charge in [-0.2, -0.15) is 0 Å². The minimum absolute atomic E-state index is 0.00253. The summed E-state index contributed by atoms with van der Waals surface area (Å²) < 4.78 is 13.5. The summed E-state index contributed by atoms with van der Waals surface area (Å²) >= 11 is 12.3. The summed E-state index contributed by atoms with van der Waals surface area (Å²) in [6, 6.07) is 19.6. The van der Waals surface area contributed by atoms with E-state index >= 15 is 0 Å². The number of benzene rings is 3. The Morgan fingerprint density at radius 1 is 0.941 bits per heavy atom. The Kier molecular flexibility index (Phi) is 9.08. The highest BCUT2D eigenvalue weighted by molar-refractivity contribution is 6.35. The average Bonchev–Trinajstić information content (AvgIpc) is 2.79. The lowest BCUT2D eigenvalue weighted by Gasteiger charge is -2.32. The van der Waals surface area contributed by atoms with Crippen LogP contribution < -0.4 is 5.32 Å². The second-order valence-electron chi connectivity index (χ2n) is 8.43. The Balaban J connectivity index is 1.98. The summed E-state index contributed by atoms with van der Waals surface area (Å²) in [5.74, 6) is -0.891. The fourth-order valence-corrected chi connectivity index (χ4v) is 4.13. The maximum Gasteiger partial charge on any atom is 0.243 e. The third-order valence-corrected chi connectivity index (χ3v) is 5.91. The van der Waals surface area contributed by atoms with E-state index in [1.165, 1.54) is 12.1 Å². The van der Waals surface area contributed by atoms with E-state index in [0.29, 0.717) is 27.6 Å². The van der Waals surface area contributed by atoms with Crippen molar-refractivity contribution >= 4 is 35.0 Å². The van der Waals surface area contributed by atoms with E-state index in [4.69, 9.17) is 23.2 Å². The lowest BCUT2D eigenvalue weighted by Crippen LogP contribution is -2.52. The fraction of sp³-hybridized carbons (Fsp3) is 0.259. The molecule has 3 aromatic rings. The molecular formula is C27H27Cl2FN2O2. The molecule has 178 valence electrons. The molecule has 7 heteroatoms. The predicted octanol–water partition coefficient (Wildman–Crippen LogP) is 5.84. The molecule has 0 heterocycles. The molecule has 0 fully saturated rings. The molecule has 0 saturated carbocycles. The molecule has 0 aliphatic rings. The van der Waals surface area contributed by atoms with Crippen LogP contribution in [-0.2, 0) is 29.0 Å². The Morgan fingerprint density at radius 2 is 1.62 bits per heavy atom. The highest BCUT2D eigenvalue weighted by atomic mass is 35.5. The third kappa shape index (κ3) is 7.31. The van der Waals surface area contributed by atoms with E-state index in [2.05, 4.69) is 5.32 Å². The molecule has 34 heavy (non-hydrogen) atoms. The summed E-state index contributed by atoms with van der Waals surface area (Å²) in [4.78, 5) is 28.5. The topological polar surface area (TPSA) is 49.4 Å². The van der Waals surface area contributed by atoms with Crippen molar-refractivity contribution in [2.45, 2.75) is 45.3 Å². The van der Waals surface area contributed by atoms with Gasteiger partial charge in [0.15, 0.2) is 0 Å². The van der Waals surface area contributed by atoms with Crippen LogP contribution in [0.5, 0.6) is 0 Å². The zero-order valence-corrected chi connectivity index (χ0v) is 20.6. The molecule has 1 N–H and O–H groups in total. The van der Waals surface area contributed by atoms with Gasteiger partial charge in [0.2, 0.25) is 11.8 Å². The SMILES string of the molecule is CC(C)NC(=O)[C@@H](Cc1ccccc1)N(Cc1ccc(F)cc1)C(=O)Cc1ccc(Cl)cc1Cl. The van der Waals surface area contributed by atoms with Crippen LogP contribution in [0.25, 0.3) is 0 Å². The minimum atomic E-state index is -0.770. The van der Waals surface area contributed by atoms with Crippen molar-refractivity contribution in [2.75, 3.05) is 0 Å². The molecule has 0 saturated heterocycles. The maximum absolute atomic E-state index is 13.6. The Hall–Kier alpha value is -2.89. The van der Waals surface area contributed by atoms with Gasteiger partial charge in [-0.3, -0.25) is 9.59 Å².